The van der Waals surface area contributed by atoms with Gasteiger partial charge in [-0.05, 0) is 51.4 Å². The van der Waals surface area contributed by atoms with E-state index in [9.17, 15) is 14.4 Å². The zero-order valence-electron chi connectivity index (χ0n) is 42.4. The number of carbonyl (C=O) groups is 3. The maximum atomic E-state index is 12.8. The summed E-state index contributed by atoms with van der Waals surface area (Å²) in [5.74, 6) is -0.860. The highest BCUT2D eigenvalue weighted by Crippen LogP contribution is 2.16. The van der Waals surface area contributed by atoms with E-state index in [1.54, 1.807) is 0 Å². The summed E-state index contributed by atoms with van der Waals surface area (Å²) in [7, 11) is 0. The third kappa shape index (κ3) is 50.7. The molecule has 0 rings (SSSR count). The van der Waals surface area contributed by atoms with Gasteiger partial charge in [0.15, 0.2) is 6.10 Å². The number of rotatable bonds is 51. The summed E-state index contributed by atoms with van der Waals surface area (Å²) in [6, 6.07) is 0. The molecular weight excluding hydrogens is 781 g/mol. The number of unbranched alkanes of at least 4 members (excludes halogenated alkanes) is 36. The molecule has 0 aromatic carbocycles. The highest BCUT2D eigenvalue weighted by molar-refractivity contribution is 5.71. The van der Waals surface area contributed by atoms with Gasteiger partial charge in [-0.1, -0.05) is 257 Å². The summed E-state index contributed by atoms with van der Waals surface area (Å²) in [6.07, 6.45) is 60.2. The van der Waals surface area contributed by atoms with Crippen LogP contribution in [0.4, 0.5) is 0 Å². The Morgan fingerprint density at radius 2 is 0.571 bits per heavy atom. The number of carbonyl (C=O) groups excluding carboxylic acids is 3. The van der Waals surface area contributed by atoms with Gasteiger partial charge in [0.05, 0.1) is 0 Å². The first-order valence-electron chi connectivity index (χ1n) is 27.8. The lowest BCUT2D eigenvalue weighted by molar-refractivity contribution is -0.167. The van der Waals surface area contributed by atoms with Crippen molar-refractivity contribution in [2.75, 3.05) is 13.2 Å². The molecule has 0 N–H and O–H groups in total. The molecule has 0 spiro atoms. The van der Waals surface area contributed by atoms with Crippen LogP contribution >= 0.6 is 0 Å². The van der Waals surface area contributed by atoms with Gasteiger partial charge in [0.2, 0.25) is 0 Å². The Labute approximate surface area is 392 Å². The van der Waals surface area contributed by atoms with E-state index in [0.29, 0.717) is 19.3 Å². The molecule has 1 atom stereocenters. The van der Waals surface area contributed by atoms with E-state index >= 15 is 0 Å². The van der Waals surface area contributed by atoms with Crippen molar-refractivity contribution in [3.8, 4) is 0 Å². The monoisotopic (exact) mass is 887 g/mol. The smallest absolute Gasteiger partial charge is 0.306 e. The summed E-state index contributed by atoms with van der Waals surface area (Å²) in [5.41, 5.74) is 0. The molecule has 0 heterocycles. The van der Waals surface area contributed by atoms with Crippen molar-refractivity contribution in [2.24, 2.45) is 0 Å². The minimum Gasteiger partial charge on any atom is -0.462 e. The fourth-order valence-electron chi connectivity index (χ4n) is 8.24. The lowest BCUT2D eigenvalue weighted by Gasteiger charge is -2.18. The minimum atomic E-state index is -0.768. The molecule has 370 valence electrons. The van der Waals surface area contributed by atoms with E-state index in [1.165, 1.54) is 193 Å². The van der Waals surface area contributed by atoms with Gasteiger partial charge in [-0.15, -0.1) is 0 Å². The first kappa shape index (κ1) is 60.9. The standard InChI is InChI=1S/C57H106O6/c1-4-7-10-13-16-19-22-24-26-28-30-31-33-35-38-41-44-47-50-56(59)62-53-54(52-61-55(58)49-46-43-40-37-21-18-15-12-9-6-3)63-57(60)51-48-45-42-39-36-34-32-29-27-25-23-20-17-14-11-8-5-2/h19,22,26,28,54H,4-18,20-21,23-25,27,29-53H2,1-3H3/b22-19-,28-26-. The van der Waals surface area contributed by atoms with Crippen LogP contribution in [0.2, 0.25) is 0 Å². The molecule has 1 unspecified atom stereocenters. The molecule has 0 fully saturated rings. The zero-order valence-corrected chi connectivity index (χ0v) is 42.4. The third-order valence-electron chi connectivity index (χ3n) is 12.5. The molecule has 0 bridgehead atoms. The van der Waals surface area contributed by atoms with Crippen LogP contribution in [0, 0.1) is 0 Å². The van der Waals surface area contributed by atoms with Gasteiger partial charge >= 0.3 is 17.9 Å². The van der Waals surface area contributed by atoms with Crippen molar-refractivity contribution >= 4 is 17.9 Å². The molecule has 0 aliphatic heterocycles. The van der Waals surface area contributed by atoms with Crippen molar-refractivity contribution in [1.82, 2.24) is 0 Å². The predicted molar refractivity (Wildman–Crippen MR) is 270 cm³/mol. The summed E-state index contributed by atoms with van der Waals surface area (Å²) in [6.45, 7) is 6.65. The molecule has 6 nitrogen and oxygen atoms in total. The van der Waals surface area contributed by atoms with Crippen LogP contribution in [0.25, 0.3) is 0 Å². The molecular formula is C57H106O6. The van der Waals surface area contributed by atoms with Crippen LogP contribution in [0.15, 0.2) is 24.3 Å². The maximum Gasteiger partial charge on any atom is 0.306 e. The Hall–Kier alpha value is -2.11. The summed E-state index contributed by atoms with van der Waals surface area (Å²) in [4.78, 5) is 38.0. The molecule has 0 aromatic rings. The highest BCUT2D eigenvalue weighted by Gasteiger charge is 2.19. The van der Waals surface area contributed by atoms with Crippen molar-refractivity contribution in [3.63, 3.8) is 0 Å². The molecule has 6 heteroatoms. The van der Waals surface area contributed by atoms with E-state index in [0.717, 1.165) is 70.6 Å². The Balaban J connectivity index is 4.29. The summed E-state index contributed by atoms with van der Waals surface area (Å²) in [5, 5.41) is 0. The van der Waals surface area contributed by atoms with Crippen LogP contribution in [0.5, 0.6) is 0 Å². The van der Waals surface area contributed by atoms with Crippen molar-refractivity contribution < 1.29 is 28.6 Å². The molecule has 0 radical (unpaired) electrons. The molecule has 0 aliphatic carbocycles. The average molecular weight is 887 g/mol. The second-order valence-corrected chi connectivity index (χ2v) is 18.9. The van der Waals surface area contributed by atoms with Gasteiger partial charge in [-0.2, -0.15) is 0 Å². The van der Waals surface area contributed by atoms with Crippen LogP contribution in [-0.2, 0) is 28.6 Å². The van der Waals surface area contributed by atoms with E-state index in [1.807, 2.05) is 0 Å². The minimum absolute atomic E-state index is 0.0688. The van der Waals surface area contributed by atoms with E-state index < -0.39 is 6.10 Å². The number of allylic oxidation sites excluding steroid dienone is 4. The number of ether oxygens (including phenoxy) is 3. The van der Waals surface area contributed by atoms with Crippen molar-refractivity contribution in [3.05, 3.63) is 24.3 Å². The fourth-order valence-corrected chi connectivity index (χ4v) is 8.24. The molecule has 0 saturated carbocycles. The van der Waals surface area contributed by atoms with Gasteiger partial charge in [-0.3, -0.25) is 14.4 Å². The SMILES string of the molecule is CCCCCC/C=C\C/C=C\CCCCCCCCCC(=O)OCC(COC(=O)CCCCCCCCCCCC)OC(=O)CCCCCCCCCCCCCCCCCCC. The van der Waals surface area contributed by atoms with E-state index in [4.69, 9.17) is 14.2 Å². The Bertz CT molecular complexity index is 1020. The van der Waals surface area contributed by atoms with Crippen LogP contribution < -0.4 is 0 Å². The highest BCUT2D eigenvalue weighted by atomic mass is 16.6. The van der Waals surface area contributed by atoms with Crippen molar-refractivity contribution in [1.29, 1.82) is 0 Å². The number of hydrogen-bond acceptors (Lipinski definition) is 6. The van der Waals surface area contributed by atoms with Gasteiger partial charge in [-0.25, -0.2) is 0 Å². The lowest BCUT2D eigenvalue weighted by atomic mass is 10.0. The van der Waals surface area contributed by atoms with Crippen LogP contribution in [0.1, 0.15) is 303 Å². The maximum absolute atomic E-state index is 12.8. The van der Waals surface area contributed by atoms with Gasteiger partial charge in [0.25, 0.3) is 0 Å². The fraction of sp³-hybridized carbons (Fsp3) is 0.877. The third-order valence-corrected chi connectivity index (χ3v) is 12.5. The van der Waals surface area contributed by atoms with Gasteiger partial charge in [0.1, 0.15) is 13.2 Å². The van der Waals surface area contributed by atoms with E-state index in [-0.39, 0.29) is 31.1 Å². The zero-order chi connectivity index (χ0) is 45.8. The molecule has 0 amide bonds. The van der Waals surface area contributed by atoms with E-state index in [2.05, 4.69) is 45.1 Å². The second kappa shape index (κ2) is 52.5. The normalized spacial score (nSPS) is 12.1. The topological polar surface area (TPSA) is 78.9 Å². The number of hydrogen-bond donors (Lipinski definition) is 0. The predicted octanol–water partition coefficient (Wildman–Crippen LogP) is 18.3. The average Bonchev–Trinajstić information content (AvgIpc) is 3.28. The van der Waals surface area contributed by atoms with Crippen molar-refractivity contribution in [2.45, 2.75) is 309 Å². The Morgan fingerprint density at radius 1 is 0.317 bits per heavy atom. The molecule has 63 heavy (non-hydrogen) atoms. The first-order valence-corrected chi connectivity index (χ1v) is 27.8. The summed E-state index contributed by atoms with van der Waals surface area (Å²) >= 11 is 0. The Morgan fingerprint density at radius 3 is 0.889 bits per heavy atom. The van der Waals surface area contributed by atoms with Gasteiger partial charge in [0, 0.05) is 19.3 Å². The van der Waals surface area contributed by atoms with Crippen LogP contribution in [0.3, 0.4) is 0 Å². The summed E-state index contributed by atoms with van der Waals surface area (Å²) < 4.78 is 16.8. The molecule has 0 aromatic heterocycles. The first-order chi connectivity index (χ1) is 31.0. The molecule has 0 aliphatic rings. The Kier molecular flexibility index (Phi) is 50.8. The number of esters is 3. The van der Waals surface area contributed by atoms with Crippen LogP contribution in [-0.4, -0.2) is 37.2 Å². The molecule has 0 saturated heterocycles. The largest absolute Gasteiger partial charge is 0.462 e. The van der Waals surface area contributed by atoms with Gasteiger partial charge < -0.3 is 14.2 Å². The lowest BCUT2D eigenvalue weighted by Crippen LogP contribution is -2.30. The second-order valence-electron chi connectivity index (χ2n) is 18.9. The quantitative estimate of drug-likeness (QED) is 0.0262.